The number of nitrogens with one attached hydrogen (secondary N) is 1. The van der Waals surface area contributed by atoms with Crippen LogP contribution in [0.4, 0.5) is 8.78 Å². The Hall–Kier alpha value is -1.45. The average molecular weight is 294 g/mol. The Kier molecular flexibility index (Phi) is 3.72. The van der Waals surface area contributed by atoms with Crippen molar-refractivity contribution in [1.82, 2.24) is 5.32 Å². The highest BCUT2D eigenvalue weighted by molar-refractivity contribution is 6.30. The normalized spacial score (nSPS) is 14.6. The number of benzene rings is 2. The van der Waals surface area contributed by atoms with Crippen molar-refractivity contribution in [1.29, 1.82) is 0 Å². The first-order valence-electron chi connectivity index (χ1n) is 6.61. The number of hydrogen-bond acceptors (Lipinski definition) is 1. The monoisotopic (exact) mass is 293 g/mol. The highest BCUT2D eigenvalue weighted by atomic mass is 35.5. The highest BCUT2D eigenvalue weighted by Crippen LogP contribution is 2.27. The second kappa shape index (κ2) is 5.51. The molecule has 0 radical (unpaired) electrons. The van der Waals surface area contributed by atoms with E-state index in [1.54, 1.807) is 24.3 Å². The summed E-state index contributed by atoms with van der Waals surface area (Å²) in [6.07, 6.45) is 2.29. The van der Waals surface area contributed by atoms with Crippen LogP contribution in [0.15, 0.2) is 36.4 Å². The number of rotatable bonds is 4. The molecule has 1 nitrogen and oxygen atoms in total. The van der Waals surface area contributed by atoms with E-state index in [0.717, 1.165) is 12.8 Å². The van der Waals surface area contributed by atoms with Crippen molar-refractivity contribution in [3.05, 3.63) is 58.6 Å². The van der Waals surface area contributed by atoms with Gasteiger partial charge < -0.3 is 5.32 Å². The van der Waals surface area contributed by atoms with Crippen LogP contribution in [0.3, 0.4) is 0 Å². The van der Waals surface area contributed by atoms with Crippen molar-refractivity contribution in [3.63, 3.8) is 0 Å². The van der Waals surface area contributed by atoms with E-state index in [1.807, 2.05) is 0 Å². The SMILES string of the molecule is Fc1ccc(-c2ccc(Cl)cc2F)cc1CNC1CC1. The van der Waals surface area contributed by atoms with E-state index in [0.29, 0.717) is 34.3 Å². The summed E-state index contributed by atoms with van der Waals surface area (Å²) >= 11 is 5.74. The van der Waals surface area contributed by atoms with Crippen LogP contribution in [0, 0.1) is 11.6 Å². The molecule has 0 spiro atoms. The van der Waals surface area contributed by atoms with Crippen molar-refractivity contribution in [2.75, 3.05) is 0 Å². The van der Waals surface area contributed by atoms with Crippen LogP contribution >= 0.6 is 11.6 Å². The third kappa shape index (κ3) is 3.00. The first-order chi connectivity index (χ1) is 9.63. The Labute approximate surface area is 121 Å². The molecule has 20 heavy (non-hydrogen) atoms. The Morgan fingerprint density at radius 3 is 2.55 bits per heavy atom. The molecular formula is C16H14ClF2N. The van der Waals surface area contributed by atoms with Gasteiger partial charge in [0, 0.05) is 28.7 Å². The van der Waals surface area contributed by atoms with E-state index >= 15 is 0 Å². The lowest BCUT2D eigenvalue weighted by Crippen LogP contribution is -2.16. The molecule has 1 N–H and O–H groups in total. The van der Waals surface area contributed by atoms with Gasteiger partial charge in [-0.3, -0.25) is 0 Å². The number of hydrogen-bond donors (Lipinski definition) is 1. The molecule has 0 bridgehead atoms. The van der Waals surface area contributed by atoms with Gasteiger partial charge in [0.15, 0.2) is 0 Å². The predicted octanol–water partition coefficient (Wildman–Crippen LogP) is 4.54. The topological polar surface area (TPSA) is 12.0 Å². The van der Waals surface area contributed by atoms with Crippen LogP contribution in [0.1, 0.15) is 18.4 Å². The molecule has 104 valence electrons. The molecule has 0 heterocycles. The lowest BCUT2D eigenvalue weighted by Gasteiger charge is -2.09. The highest BCUT2D eigenvalue weighted by Gasteiger charge is 2.20. The molecule has 2 aromatic carbocycles. The van der Waals surface area contributed by atoms with Gasteiger partial charge in [-0.15, -0.1) is 0 Å². The lowest BCUT2D eigenvalue weighted by atomic mass is 10.0. The van der Waals surface area contributed by atoms with E-state index in [1.165, 1.54) is 12.1 Å². The maximum Gasteiger partial charge on any atom is 0.132 e. The number of halogens is 3. The quantitative estimate of drug-likeness (QED) is 0.873. The van der Waals surface area contributed by atoms with E-state index in [-0.39, 0.29) is 5.82 Å². The molecule has 1 aliphatic rings. The zero-order valence-electron chi connectivity index (χ0n) is 10.8. The van der Waals surface area contributed by atoms with E-state index < -0.39 is 5.82 Å². The predicted molar refractivity (Wildman–Crippen MR) is 76.7 cm³/mol. The maximum atomic E-state index is 13.9. The first-order valence-corrected chi connectivity index (χ1v) is 6.98. The molecule has 2 aromatic rings. The summed E-state index contributed by atoms with van der Waals surface area (Å²) in [4.78, 5) is 0. The van der Waals surface area contributed by atoms with Gasteiger partial charge in [0.05, 0.1) is 0 Å². The van der Waals surface area contributed by atoms with Gasteiger partial charge in [-0.05, 0) is 48.7 Å². The van der Waals surface area contributed by atoms with Crippen LogP contribution in [-0.4, -0.2) is 6.04 Å². The van der Waals surface area contributed by atoms with Crippen molar-refractivity contribution in [2.24, 2.45) is 0 Å². The first kappa shape index (κ1) is 13.5. The largest absolute Gasteiger partial charge is 0.310 e. The second-order valence-corrected chi connectivity index (χ2v) is 5.52. The lowest BCUT2D eigenvalue weighted by molar-refractivity contribution is 0.587. The van der Waals surface area contributed by atoms with Crippen LogP contribution in [-0.2, 0) is 6.54 Å². The summed E-state index contributed by atoms with van der Waals surface area (Å²) < 4.78 is 27.7. The smallest absolute Gasteiger partial charge is 0.132 e. The van der Waals surface area contributed by atoms with Gasteiger partial charge in [-0.25, -0.2) is 8.78 Å². The Morgan fingerprint density at radius 1 is 1.05 bits per heavy atom. The van der Waals surface area contributed by atoms with Crippen molar-refractivity contribution >= 4 is 11.6 Å². The maximum absolute atomic E-state index is 13.9. The summed E-state index contributed by atoms with van der Waals surface area (Å²) in [5.41, 5.74) is 1.65. The van der Waals surface area contributed by atoms with Gasteiger partial charge in [0.25, 0.3) is 0 Å². The molecule has 1 aliphatic carbocycles. The molecule has 4 heteroatoms. The zero-order chi connectivity index (χ0) is 14.1. The molecule has 0 atom stereocenters. The van der Waals surface area contributed by atoms with Crippen molar-refractivity contribution in [3.8, 4) is 11.1 Å². The summed E-state index contributed by atoms with van der Waals surface area (Å²) in [5.74, 6) is -0.665. The van der Waals surface area contributed by atoms with Crippen LogP contribution in [0.5, 0.6) is 0 Å². The molecule has 1 fully saturated rings. The van der Waals surface area contributed by atoms with Crippen LogP contribution in [0.25, 0.3) is 11.1 Å². The van der Waals surface area contributed by atoms with Gasteiger partial charge in [-0.2, -0.15) is 0 Å². The van der Waals surface area contributed by atoms with Crippen molar-refractivity contribution in [2.45, 2.75) is 25.4 Å². The minimum Gasteiger partial charge on any atom is -0.310 e. The summed E-state index contributed by atoms with van der Waals surface area (Å²) in [6, 6.07) is 9.67. The summed E-state index contributed by atoms with van der Waals surface area (Å²) in [5, 5.41) is 3.61. The zero-order valence-corrected chi connectivity index (χ0v) is 11.6. The van der Waals surface area contributed by atoms with Crippen LogP contribution in [0.2, 0.25) is 5.02 Å². The standard InChI is InChI=1S/C16H14ClF2N/c17-12-2-5-14(16(19)8-12)10-1-6-15(18)11(7-10)9-20-13-3-4-13/h1-2,5-8,13,20H,3-4,9H2. The molecule has 0 aliphatic heterocycles. The molecule has 3 rings (SSSR count). The van der Waals surface area contributed by atoms with Gasteiger partial charge >= 0.3 is 0 Å². The van der Waals surface area contributed by atoms with Gasteiger partial charge in [0.2, 0.25) is 0 Å². The van der Waals surface area contributed by atoms with Crippen LogP contribution < -0.4 is 5.32 Å². The molecule has 1 saturated carbocycles. The molecule has 0 unspecified atom stereocenters. The Morgan fingerprint density at radius 2 is 1.85 bits per heavy atom. The average Bonchev–Trinajstić information content (AvgIpc) is 3.22. The van der Waals surface area contributed by atoms with Crippen molar-refractivity contribution < 1.29 is 8.78 Å². The van der Waals surface area contributed by atoms with E-state index in [2.05, 4.69) is 5.32 Å². The minimum absolute atomic E-state index is 0.267. The third-order valence-corrected chi connectivity index (χ3v) is 3.68. The van der Waals surface area contributed by atoms with E-state index in [4.69, 9.17) is 11.6 Å². The van der Waals surface area contributed by atoms with Gasteiger partial charge in [0.1, 0.15) is 11.6 Å². The minimum atomic E-state index is -0.398. The fourth-order valence-corrected chi connectivity index (χ4v) is 2.30. The molecule has 0 amide bonds. The second-order valence-electron chi connectivity index (χ2n) is 5.09. The molecule has 0 saturated heterocycles. The molecule has 0 aromatic heterocycles. The van der Waals surface area contributed by atoms with E-state index in [9.17, 15) is 8.78 Å². The van der Waals surface area contributed by atoms with Gasteiger partial charge in [-0.1, -0.05) is 17.7 Å². The fourth-order valence-electron chi connectivity index (χ4n) is 2.14. The molecular weight excluding hydrogens is 280 g/mol. The third-order valence-electron chi connectivity index (χ3n) is 3.45. The summed E-state index contributed by atoms with van der Waals surface area (Å²) in [7, 11) is 0. The summed E-state index contributed by atoms with van der Waals surface area (Å²) in [6.45, 7) is 0.472. The Bertz CT molecular complexity index is 638. The fraction of sp³-hybridized carbons (Fsp3) is 0.250. The Balaban J connectivity index is 1.90.